The van der Waals surface area contributed by atoms with E-state index in [0.717, 1.165) is 12.0 Å². The monoisotopic (exact) mass is 211 g/mol. The molecule has 0 radical (unpaired) electrons. The van der Waals surface area contributed by atoms with Crippen LogP contribution in [0, 0.1) is 5.82 Å². The summed E-state index contributed by atoms with van der Waals surface area (Å²) in [6, 6.07) is 6.65. The Hall–Kier alpha value is -0.930. The van der Waals surface area contributed by atoms with E-state index in [-0.39, 0.29) is 24.5 Å². The van der Waals surface area contributed by atoms with Gasteiger partial charge in [-0.2, -0.15) is 0 Å². The predicted octanol–water partition coefficient (Wildman–Crippen LogP) is 2.25. The fraction of sp³-hybridized carbons (Fsp3) is 0.500. The molecule has 1 aromatic carbocycles. The van der Waals surface area contributed by atoms with E-state index in [0.29, 0.717) is 0 Å². The van der Waals surface area contributed by atoms with E-state index in [1.165, 1.54) is 12.1 Å². The van der Waals surface area contributed by atoms with Gasteiger partial charge in [0.15, 0.2) is 0 Å². The van der Waals surface area contributed by atoms with Crippen molar-refractivity contribution in [1.29, 1.82) is 0 Å². The number of benzene rings is 1. The highest BCUT2D eigenvalue weighted by molar-refractivity contribution is 5.19. The van der Waals surface area contributed by atoms with Gasteiger partial charge in [-0.05, 0) is 31.0 Å². The van der Waals surface area contributed by atoms with Crippen molar-refractivity contribution in [2.75, 3.05) is 6.61 Å². The van der Waals surface area contributed by atoms with Crippen molar-refractivity contribution < 1.29 is 9.50 Å². The summed E-state index contributed by atoms with van der Waals surface area (Å²) in [6.07, 6.45) is 0.857. The molecule has 0 saturated carbocycles. The van der Waals surface area contributed by atoms with Gasteiger partial charge in [0.05, 0.1) is 6.61 Å². The molecule has 3 heteroatoms. The first-order valence-corrected chi connectivity index (χ1v) is 5.29. The molecule has 1 rings (SSSR count). The summed E-state index contributed by atoms with van der Waals surface area (Å²) in [5, 5.41) is 12.3. The minimum absolute atomic E-state index is 0.0535. The topological polar surface area (TPSA) is 32.3 Å². The van der Waals surface area contributed by atoms with E-state index in [9.17, 15) is 4.39 Å². The van der Waals surface area contributed by atoms with Gasteiger partial charge in [0.25, 0.3) is 0 Å². The first-order chi connectivity index (χ1) is 7.17. The molecule has 0 unspecified atom stereocenters. The minimum atomic E-state index is -0.224. The lowest BCUT2D eigenvalue weighted by atomic mass is 10.1. The number of nitrogens with one attached hydrogen (secondary N) is 1. The van der Waals surface area contributed by atoms with Gasteiger partial charge in [0.2, 0.25) is 0 Å². The van der Waals surface area contributed by atoms with E-state index in [2.05, 4.69) is 5.32 Å². The summed E-state index contributed by atoms with van der Waals surface area (Å²) >= 11 is 0. The van der Waals surface area contributed by atoms with Crippen molar-refractivity contribution in [3.8, 4) is 0 Å². The van der Waals surface area contributed by atoms with Crippen LogP contribution in [0.5, 0.6) is 0 Å². The van der Waals surface area contributed by atoms with Crippen LogP contribution in [0.25, 0.3) is 0 Å². The summed E-state index contributed by atoms with van der Waals surface area (Å²) in [4.78, 5) is 0. The summed E-state index contributed by atoms with van der Waals surface area (Å²) in [6.45, 7) is 4.08. The molecule has 15 heavy (non-hydrogen) atoms. The van der Waals surface area contributed by atoms with Crippen LogP contribution in [0.15, 0.2) is 24.3 Å². The Morgan fingerprint density at radius 2 is 2.20 bits per heavy atom. The summed E-state index contributed by atoms with van der Waals surface area (Å²) < 4.78 is 13.0. The average molecular weight is 211 g/mol. The van der Waals surface area contributed by atoms with Crippen molar-refractivity contribution in [2.45, 2.75) is 32.4 Å². The second kappa shape index (κ2) is 5.83. The van der Waals surface area contributed by atoms with Gasteiger partial charge >= 0.3 is 0 Å². The smallest absolute Gasteiger partial charge is 0.123 e. The summed E-state index contributed by atoms with van der Waals surface area (Å²) in [5.41, 5.74) is 0.905. The first-order valence-electron chi connectivity index (χ1n) is 5.29. The summed E-state index contributed by atoms with van der Waals surface area (Å²) in [7, 11) is 0. The third-order valence-corrected chi connectivity index (χ3v) is 2.55. The molecule has 0 bridgehead atoms. The molecule has 0 amide bonds. The number of aliphatic hydroxyl groups excluding tert-OH is 1. The second-order valence-electron chi connectivity index (χ2n) is 3.73. The van der Waals surface area contributed by atoms with Crippen LogP contribution in [-0.2, 0) is 0 Å². The second-order valence-corrected chi connectivity index (χ2v) is 3.73. The Kier molecular flexibility index (Phi) is 4.72. The molecule has 1 aromatic rings. The van der Waals surface area contributed by atoms with Crippen LogP contribution < -0.4 is 5.32 Å². The molecule has 2 nitrogen and oxygen atoms in total. The van der Waals surface area contributed by atoms with E-state index in [4.69, 9.17) is 5.11 Å². The van der Waals surface area contributed by atoms with Gasteiger partial charge in [0, 0.05) is 12.1 Å². The van der Waals surface area contributed by atoms with Gasteiger partial charge in [-0.25, -0.2) is 4.39 Å². The van der Waals surface area contributed by atoms with Crippen LogP contribution in [0.4, 0.5) is 4.39 Å². The Morgan fingerprint density at radius 1 is 1.47 bits per heavy atom. The zero-order chi connectivity index (χ0) is 11.3. The highest BCUT2D eigenvalue weighted by atomic mass is 19.1. The Bertz CT molecular complexity index is 299. The molecule has 0 aromatic heterocycles. The molecule has 2 atom stereocenters. The Labute approximate surface area is 90.1 Å². The standard InChI is InChI=1S/C12H18FNO/c1-3-12(8-15)14-9(2)10-5-4-6-11(13)7-10/h4-7,9,12,14-15H,3,8H2,1-2H3/t9-,12-/m1/s1. The van der Waals surface area contributed by atoms with E-state index < -0.39 is 0 Å². The Balaban J connectivity index is 2.64. The molecular formula is C12H18FNO. The SMILES string of the molecule is CC[C@H](CO)N[C@H](C)c1cccc(F)c1. The number of hydrogen-bond donors (Lipinski definition) is 2. The van der Waals surface area contributed by atoms with Crippen LogP contribution >= 0.6 is 0 Å². The van der Waals surface area contributed by atoms with Gasteiger partial charge in [-0.1, -0.05) is 19.1 Å². The molecule has 0 saturated heterocycles. The van der Waals surface area contributed by atoms with Crippen LogP contribution in [-0.4, -0.2) is 17.8 Å². The largest absolute Gasteiger partial charge is 0.395 e. The molecule has 0 fully saturated rings. The Morgan fingerprint density at radius 3 is 2.73 bits per heavy atom. The van der Waals surface area contributed by atoms with Gasteiger partial charge in [0.1, 0.15) is 5.82 Å². The maximum absolute atomic E-state index is 13.0. The van der Waals surface area contributed by atoms with Crippen LogP contribution in [0.2, 0.25) is 0 Å². The van der Waals surface area contributed by atoms with Crippen LogP contribution in [0.1, 0.15) is 31.9 Å². The third kappa shape index (κ3) is 3.61. The maximum Gasteiger partial charge on any atom is 0.123 e. The zero-order valence-electron chi connectivity index (χ0n) is 9.20. The molecule has 0 aliphatic carbocycles. The van der Waals surface area contributed by atoms with Crippen molar-refractivity contribution in [2.24, 2.45) is 0 Å². The average Bonchev–Trinajstić information content (AvgIpc) is 2.25. The predicted molar refractivity (Wildman–Crippen MR) is 59.1 cm³/mol. The lowest BCUT2D eigenvalue weighted by Gasteiger charge is -2.20. The van der Waals surface area contributed by atoms with Crippen LogP contribution in [0.3, 0.4) is 0 Å². The highest BCUT2D eigenvalue weighted by Crippen LogP contribution is 2.14. The summed E-state index contributed by atoms with van der Waals surface area (Å²) in [5.74, 6) is -0.224. The van der Waals surface area contributed by atoms with Gasteiger partial charge < -0.3 is 10.4 Å². The molecule has 84 valence electrons. The fourth-order valence-corrected chi connectivity index (χ4v) is 1.53. The molecule has 0 aliphatic rings. The fourth-order valence-electron chi connectivity index (χ4n) is 1.53. The highest BCUT2D eigenvalue weighted by Gasteiger charge is 2.10. The molecule has 0 aliphatic heterocycles. The zero-order valence-corrected chi connectivity index (χ0v) is 9.20. The minimum Gasteiger partial charge on any atom is -0.395 e. The number of hydrogen-bond acceptors (Lipinski definition) is 2. The molecule has 0 heterocycles. The first kappa shape index (κ1) is 12.1. The van der Waals surface area contributed by atoms with E-state index >= 15 is 0 Å². The van der Waals surface area contributed by atoms with Crippen molar-refractivity contribution >= 4 is 0 Å². The van der Waals surface area contributed by atoms with Crippen molar-refractivity contribution in [3.63, 3.8) is 0 Å². The molecule has 2 N–H and O–H groups in total. The number of rotatable bonds is 5. The number of aliphatic hydroxyl groups is 1. The van der Waals surface area contributed by atoms with E-state index in [1.54, 1.807) is 6.07 Å². The van der Waals surface area contributed by atoms with Gasteiger partial charge in [-0.3, -0.25) is 0 Å². The third-order valence-electron chi connectivity index (χ3n) is 2.55. The van der Waals surface area contributed by atoms with E-state index in [1.807, 2.05) is 19.9 Å². The van der Waals surface area contributed by atoms with Crippen molar-refractivity contribution in [1.82, 2.24) is 5.32 Å². The molecule has 0 spiro atoms. The van der Waals surface area contributed by atoms with Gasteiger partial charge in [-0.15, -0.1) is 0 Å². The number of halogens is 1. The normalized spacial score (nSPS) is 14.9. The maximum atomic E-state index is 13.0. The lowest BCUT2D eigenvalue weighted by molar-refractivity contribution is 0.230. The quantitative estimate of drug-likeness (QED) is 0.783. The van der Waals surface area contributed by atoms with Crippen molar-refractivity contribution in [3.05, 3.63) is 35.6 Å². The molecular weight excluding hydrogens is 193 g/mol. The lowest BCUT2D eigenvalue weighted by Crippen LogP contribution is -2.33.